The van der Waals surface area contributed by atoms with Crippen molar-refractivity contribution in [2.45, 2.75) is 27.5 Å². The van der Waals surface area contributed by atoms with Gasteiger partial charge in [0.25, 0.3) is 0 Å². The van der Waals surface area contributed by atoms with Gasteiger partial charge in [-0.3, -0.25) is 0 Å². The third kappa shape index (κ3) is 2.92. The number of benzene rings is 2. The summed E-state index contributed by atoms with van der Waals surface area (Å²) in [6, 6.07) is 13.8. The lowest BCUT2D eigenvalue weighted by molar-refractivity contribution is -0.660. The minimum absolute atomic E-state index is 0.197. The van der Waals surface area contributed by atoms with Gasteiger partial charge in [0.05, 0.1) is 0 Å². The van der Waals surface area contributed by atoms with E-state index in [2.05, 4.69) is 0 Å². The summed E-state index contributed by atoms with van der Waals surface area (Å²) in [5.74, 6) is 0. The fourth-order valence-corrected chi connectivity index (χ4v) is 2.76. The Labute approximate surface area is 151 Å². The summed E-state index contributed by atoms with van der Waals surface area (Å²) in [6.07, 6.45) is 1.32. The number of pyridine rings is 1. The Balaban J connectivity index is 2.36. The van der Waals surface area contributed by atoms with E-state index < -0.39 is 20.6 Å². The standard InChI is InChI=1S/C22H24N/c1-15-12-22(23(5)14-18(15)4)21-13-20(16(2)11-17(21)3)19-9-7-6-8-10-19/h6-14H,1-5H3/q+1/i1D3,2D3,4D3. The van der Waals surface area contributed by atoms with Crippen molar-refractivity contribution < 1.29 is 16.9 Å². The van der Waals surface area contributed by atoms with Crippen molar-refractivity contribution in [1.82, 2.24) is 0 Å². The molecule has 0 N–H and O–H groups in total. The fraction of sp³-hybridized carbons (Fsp3) is 0.227. The van der Waals surface area contributed by atoms with Crippen LogP contribution in [0.1, 0.15) is 34.6 Å². The van der Waals surface area contributed by atoms with E-state index >= 15 is 0 Å². The van der Waals surface area contributed by atoms with E-state index in [-0.39, 0.29) is 16.7 Å². The Bertz CT molecular complexity index is 1140. The zero-order chi connectivity index (χ0) is 24.1. The van der Waals surface area contributed by atoms with Crippen molar-refractivity contribution in [3.8, 4) is 22.4 Å². The Morgan fingerprint density at radius 1 is 0.783 bits per heavy atom. The molecule has 1 aromatic heterocycles. The molecule has 116 valence electrons. The molecule has 0 aliphatic rings. The second kappa shape index (κ2) is 6.00. The molecule has 2 aromatic carbocycles. The van der Waals surface area contributed by atoms with Gasteiger partial charge in [-0.1, -0.05) is 36.4 Å². The third-order valence-electron chi connectivity index (χ3n) is 4.00. The van der Waals surface area contributed by atoms with Crippen molar-refractivity contribution in [2.75, 3.05) is 0 Å². The molecule has 0 aliphatic carbocycles. The van der Waals surface area contributed by atoms with Gasteiger partial charge < -0.3 is 0 Å². The minimum Gasteiger partial charge on any atom is -0.201 e. The van der Waals surface area contributed by atoms with Gasteiger partial charge in [0, 0.05) is 29.5 Å². The van der Waals surface area contributed by atoms with Crippen molar-refractivity contribution in [3.63, 3.8) is 0 Å². The monoisotopic (exact) mass is 311 g/mol. The highest BCUT2D eigenvalue weighted by Gasteiger charge is 2.16. The SMILES string of the molecule is [2H]C([2H])([2H])c1cc(C)c(-c2cc(C([2H])([2H])[2H])c(C([2H])([2H])[2H])c[n+]2C)cc1-c1ccccc1. The van der Waals surface area contributed by atoms with Crippen molar-refractivity contribution in [3.05, 3.63) is 77.0 Å². The first-order valence-electron chi connectivity index (χ1n) is 11.9. The summed E-state index contributed by atoms with van der Waals surface area (Å²) in [6.45, 7) is -5.80. The van der Waals surface area contributed by atoms with Crippen molar-refractivity contribution in [1.29, 1.82) is 0 Å². The Morgan fingerprint density at radius 2 is 1.52 bits per heavy atom. The first-order chi connectivity index (χ1) is 14.6. The Morgan fingerprint density at radius 3 is 2.22 bits per heavy atom. The summed E-state index contributed by atoms with van der Waals surface area (Å²) in [7, 11) is 1.65. The molecule has 0 amide bonds. The van der Waals surface area contributed by atoms with Crippen LogP contribution in [0.3, 0.4) is 0 Å². The zero-order valence-corrected chi connectivity index (χ0v) is 13.1. The van der Waals surface area contributed by atoms with E-state index in [1.54, 1.807) is 30.7 Å². The maximum absolute atomic E-state index is 7.98. The predicted octanol–water partition coefficient (Wildman–Crippen LogP) is 5.08. The average molecular weight is 311 g/mol. The topological polar surface area (TPSA) is 3.88 Å². The number of rotatable bonds is 2. The molecule has 1 heterocycles. The van der Waals surface area contributed by atoms with E-state index in [9.17, 15) is 0 Å². The van der Waals surface area contributed by atoms with Gasteiger partial charge in [-0.25, -0.2) is 4.57 Å². The molecule has 0 aliphatic heterocycles. The van der Waals surface area contributed by atoms with Gasteiger partial charge in [-0.2, -0.15) is 0 Å². The van der Waals surface area contributed by atoms with Crippen LogP contribution in [0.4, 0.5) is 0 Å². The van der Waals surface area contributed by atoms with E-state index in [4.69, 9.17) is 12.3 Å². The predicted molar refractivity (Wildman–Crippen MR) is 97.4 cm³/mol. The molecule has 1 nitrogen and oxygen atoms in total. The van der Waals surface area contributed by atoms with Crippen LogP contribution in [0.2, 0.25) is 0 Å². The molecule has 1 heteroatoms. The van der Waals surface area contributed by atoms with Gasteiger partial charge in [-0.15, -0.1) is 0 Å². The van der Waals surface area contributed by atoms with Crippen LogP contribution in [0.5, 0.6) is 0 Å². The quantitative estimate of drug-likeness (QED) is 0.581. The zero-order valence-electron chi connectivity index (χ0n) is 22.1. The fourth-order valence-electron chi connectivity index (χ4n) is 2.76. The van der Waals surface area contributed by atoms with Crippen LogP contribution >= 0.6 is 0 Å². The van der Waals surface area contributed by atoms with Gasteiger partial charge in [0.1, 0.15) is 7.05 Å². The van der Waals surface area contributed by atoms with E-state index in [1.165, 1.54) is 12.3 Å². The Hall–Kier alpha value is -2.41. The lowest BCUT2D eigenvalue weighted by Crippen LogP contribution is -2.31. The molecule has 0 saturated carbocycles. The number of nitrogens with zero attached hydrogens (tertiary/aromatic N) is 1. The molecule has 0 spiro atoms. The minimum atomic E-state index is -2.62. The highest BCUT2D eigenvalue weighted by atomic mass is 14.9. The molecule has 0 radical (unpaired) electrons. The van der Waals surface area contributed by atoms with Crippen LogP contribution in [-0.2, 0) is 7.05 Å². The highest BCUT2D eigenvalue weighted by Crippen LogP contribution is 2.31. The first kappa shape index (κ1) is 7.92. The molecule has 3 rings (SSSR count). The molecule has 3 aromatic rings. The lowest BCUT2D eigenvalue weighted by Gasteiger charge is -2.12. The normalized spacial score (nSPS) is 18.3. The molecule has 23 heavy (non-hydrogen) atoms. The molecule has 0 fully saturated rings. The van der Waals surface area contributed by atoms with E-state index in [1.807, 2.05) is 30.3 Å². The van der Waals surface area contributed by atoms with Crippen LogP contribution in [0, 0.1) is 27.5 Å². The summed E-state index contributed by atoms with van der Waals surface area (Å²) >= 11 is 0. The smallest absolute Gasteiger partial charge is 0.201 e. The van der Waals surface area contributed by atoms with Gasteiger partial charge in [0.15, 0.2) is 6.20 Å². The summed E-state index contributed by atoms with van der Waals surface area (Å²) in [5.41, 5.74) is 2.71. The molecule has 0 unspecified atom stereocenters. The van der Waals surface area contributed by atoms with Gasteiger partial charge >= 0.3 is 0 Å². The van der Waals surface area contributed by atoms with E-state index in [0.717, 1.165) is 5.56 Å². The summed E-state index contributed by atoms with van der Waals surface area (Å²) < 4.78 is 72.4. The average Bonchev–Trinajstić information content (AvgIpc) is 2.66. The maximum Gasteiger partial charge on any atom is 0.212 e. The Kier molecular flexibility index (Phi) is 2.07. The van der Waals surface area contributed by atoms with Crippen molar-refractivity contribution >= 4 is 0 Å². The molecular weight excluding hydrogens is 278 g/mol. The molecule has 0 bridgehead atoms. The maximum atomic E-state index is 7.98. The largest absolute Gasteiger partial charge is 0.212 e. The van der Waals surface area contributed by atoms with Crippen LogP contribution in [0.25, 0.3) is 22.4 Å². The molecular formula is C22H24N+. The van der Waals surface area contributed by atoms with Gasteiger partial charge in [0.2, 0.25) is 5.69 Å². The molecule has 0 saturated heterocycles. The van der Waals surface area contributed by atoms with E-state index in [0.29, 0.717) is 22.4 Å². The number of aryl methyl sites for hydroxylation is 5. The lowest BCUT2D eigenvalue weighted by atomic mass is 9.93. The van der Waals surface area contributed by atoms with Crippen molar-refractivity contribution in [2.24, 2.45) is 7.05 Å². The van der Waals surface area contributed by atoms with Crippen LogP contribution in [0.15, 0.2) is 54.7 Å². The second-order valence-electron chi connectivity index (χ2n) is 5.68. The molecule has 0 atom stereocenters. The van der Waals surface area contributed by atoms with Crippen LogP contribution < -0.4 is 4.57 Å². The third-order valence-corrected chi connectivity index (χ3v) is 4.00. The van der Waals surface area contributed by atoms with Gasteiger partial charge in [-0.05, 0) is 61.4 Å². The van der Waals surface area contributed by atoms with Crippen LogP contribution in [-0.4, -0.2) is 0 Å². The highest BCUT2D eigenvalue weighted by molar-refractivity contribution is 5.75. The second-order valence-corrected chi connectivity index (χ2v) is 5.68. The number of hydrogen-bond acceptors (Lipinski definition) is 0. The summed E-state index contributed by atoms with van der Waals surface area (Å²) in [5, 5.41) is 0. The number of aromatic nitrogens is 1. The summed E-state index contributed by atoms with van der Waals surface area (Å²) in [4.78, 5) is 0. The number of hydrogen-bond donors (Lipinski definition) is 0. The first-order valence-corrected chi connectivity index (χ1v) is 7.36.